The van der Waals surface area contributed by atoms with Gasteiger partial charge in [0.05, 0.1) is 47.7 Å². The quantitative estimate of drug-likeness (QED) is 0.524. The van der Waals surface area contributed by atoms with Crippen LogP contribution in [0.25, 0.3) is 0 Å². The van der Waals surface area contributed by atoms with E-state index in [0.29, 0.717) is 22.9 Å². The number of hydrogen-bond acceptors (Lipinski definition) is 7. The Morgan fingerprint density at radius 2 is 1.50 bits per heavy atom. The van der Waals surface area contributed by atoms with E-state index in [0.717, 1.165) is 24.3 Å². The lowest BCUT2D eigenvalue weighted by Gasteiger charge is -2.44. The van der Waals surface area contributed by atoms with E-state index >= 15 is 0 Å². The van der Waals surface area contributed by atoms with Crippen molar-refractivity contribution in [2.45, 2.75) is 29.4 Å². The fourth-order valence-electron chi connectivity index (χ4n) is 4.29. The lowest BCUT2D eigenvalue weighted by atomic mass is 9.98. The van der Waals surface area contributed by atoms with Crippen LogP contribution in [0.5, 0.6) is 17.2 Å². The minimum absolute atomic E-state index is 0.0974. The van der Waals surface area contributed by atoms with Crippen LogP contribution in [0.4, 0.5) is 24.5 Å². The zero-order valence-corrected chi connectivity index (χ0v) is 19.4. The van der Waals surface area contributed by atoms with Gasteiger partial charge in [-0.3, -0.25) is 0 Å². The Hall–Kier alpha value is -3.32. The molecule has 0 saturated carbocycles. The highest BCUT2D eigenvalue weighted by Crippen LogP contribution is 2.48. The van der Waals surface area contributed by atoms with Crippen LogP contribution in [-0.4, -0.2) is 51.3 Å². The van der Waals surface area contributed by atoms with Crippen LogP contribution in [0, 0.1) is 0 Å². The molecule has 0 aromatic heterocycles. The SMILES string of the molecule is O=S(=O)(NC1COCC(N2c3ccccc3Oc3ccccc32)[C@@H]1O)c1ccc(OC(F)(F)F)cc1. The van der Waals surface area contributed by atoms with Crippen LogP contribution < -0.4 is 19.1 Å². The van der Waals surface area contributed by atoms with Crippen molar-refractivity contribution in [3.05, 3.63) is 72.8 Å². The van der Waals surface area contributed by atoms with Gasteiger partial charge in [-0.2, -0.15) is 0 Å². The van der Waals surface area contributed by atoms with Crippen LogP contribution in [0.15, 0.2) is 77.7 Å². The fraction of sp³-hybridized carbons (Fsp3) is 0.250. The molecule has 3 aromatic carbocycles. The van der Waals surface area contributed by atoms with E-state index in [2.05, 4.69) is 9.46 Å². The summed E-state index contributed by atoms with van der Waals surface area (Å²) in [5.41, 5.74) is 1.38. The van der Waals surface area contributed by atoms with Crippen molar-refractivity contribution in [1.29, 1.82) is 0 Å². The Morgan fingerprint density at radius 3 is 2.08 bits per heavy atom. The standard InChI is InChI=1S/C24H21F3N2O6S/c25-24(26,27)35-15-9-11-16(12-10-15)36(31,32)28-17-13-33-14-20(23(17)30)29-18-5-1-3-7-21(18)34-22-8-4-2-6-19(22)29/h1-12,17,20,23,28,30H,13-14H2/t17?,20?,23-/m1/s1. The largest absolute Gasteiger partial charge is 0.573 e. The third-order valence-electron chi connectivity index (χ3n) is 5.87. The molecular formula is C24H21F3N2O6S. The van der Waals surface area contributed by atoms with Crippen LogP contribution in [0.3, 0.4) is 0 Å². The summed E-state index contributed by atoms with van der Waals surface area (Å²) in [4.78, 5) is 1.58. The molecule has 0 radical (unpaired) electrons. The summed E-state index contributed by atoms with van der Waals surface area (Å²) in [5.74, 6) is 0.603. The number of benzene rings is 3. The summed E-state index contributed by atoms with van der Waals surface area (Å²) < 4.78 is 81.0. The Labute approximate surface area is 204 Å². The van der Waals surface area contributed by atoms with Crippen LogP contribution in [0.2, 0.25) is 0 Å². The summed E-state index contributed by atoms with van der Waals surface area (Å²) in [5, 5.41) is 11.3. The Bertz CT molecular complexity index is 1300. The first-order chi connectivity index (χ1) is 17.1. The summed E-state index contributed by atoms with van der Waals surface area (Å²) in [6, 6.07) is 16.6. The second-order valence-electron chi connectivity index (χ2n) is 8.25. The monoisotopic (exact) mass is 522 g/mol. The van der Waals surface area contributed by atoms with E-state index in [1.807, 2.05) is 41.3 Å². The van der Waals surface area contributed by atoms with Crippen molar-refractivity contribution in [2.75, 3.05) is 18.1 Å². The second kappa shape index (κ2) is 9.28. The number of fused-ring (bicyclic) bond motifs is 2. The van der Waals surface area contributed by atoms with Gasteiger partial charge in [0.1, 0.15) is 5.75 Å². The van der Waals surface area contributed by atoms with Crippen molar-refractivity contribution in [3.63, 3.8) is 0 Å². The average Bonchev–Trinajstić information content (AvgIpc) is 2.83. The van der Waals surface area contributed by atoms with E-state index in [4.69, 9.17) is 9.47 Å². The third kappa shape index (κ3) is 4.85. The normalized spacial score (nSPS) is 21.8. The Balaban J connectivity index is 1.39. The molecule has 0 spiro atoms. The van der Waals surface area contributed by atoms with Crippen LogP contribution >= 0.6 is 0 Å². The van der Waals surface area contributed by atoms with Crippen molar-refractivity contribution in [2.24, 2.45) is 0 Å². The van der Waals surface area contributed by atoms with E-state index in [-0.39, 0.29) is 18.1 Å². The number of aliphatic hydroxyl groups excluding tert-OH is 1. The summed E-state index contributed by atoms with van der Waals surface area (Å²) in [6.07, 6.45) is -6.09. The van der Waals surface area contributed by atoms with E-state index in [1.54, 1.807) is 12.1 Å². The molecule has 0 bridgehead atoms. The maximum Gasteiger partial charge on any atom is 0.573 e. The highest BCUT2D eigenvalue weighted by atomic mass is 32.2. The van der Waals surface area contributed by atoms with Crippen molar-refractivity contribution in [1.82, 2.24) is 4.72 Å². The molecule has 36 heavy (non-hydrogen) atoms. The topological polar surface area (TPSA) is 97.3 Å². The van der Waals surface area contributed by atoms with Gasteiger partial charge in [-0.1, -0.05) is 24.3 Å². The lowest BCUT2D eigenvalue weighted by Crippen LogP contribution is -2.60. The van der Waals surface area contributed by atoms with Gasteiger partial charge in [-0.25, -0.2) is 13.1 Å². The second-order valence-corrected chi connectivity index (χ2v) is 9.96. The Kier molecular flexibility index (Phi) is 6.29. The van der Waals surface area contributed by atoms with Crippen LogP contribution in [0.1, 0.15) is 0 Å². The number of halogens is 3. The number of rotatable bonds is 5. The van der Waals surface area contributed by atoms with Crippen molar-refractivity contribution in [3.8, 4) is 17.2 Å². The van der Waals surface area contributed by atoms with E-state index in [1.165, 1.54) is 0 Å². The highest BCUT2D eigenvalue weighted by Gasteiger charge is 2.42. The van der Waals surface area contributed by atoms with Crippen molar-refractivity contribution >= 4 is 21.4 Å². The molecule has 0 amide bonds. The molecule has 1 fully saturated rings. The van der Waals surface area contributed by atoms with Gasteiger partial charge in [0, 0.05) is 0 Å². The molecule has 3 aromatic rings. The third-order valence-corrected chi connectivity index (χ3v) is 7.37. The van der Waals surface area contributed by atoms with Gasteiger partial charge in [-0.05, 0) is 48.5 Å². The molecule has 2 aliphatic rings. The first-order valence-corrected chi connectivity index (χ1v) is 12.4. The van der Waals surface area contributed by atoms with Gasteiger partial charge in [0.2, 0.25) is 10.0 Å². The van der Waals surface area contributed by atoms with Crippen molar-refractivity contribution < 1.29 is 40.9 Å². The van der Waals surface area contributed by atoms with Gasteiger partial charge in [0.25, 0.3) is 0 Å². The molecule has 190 valence electrons. The van der Waals surface area contributed by atoms with Crippen LogP contribution in [-0.2, 0) is 14.8 Å². The first kappa shape index (κ1) is 24.4. The predicted molar refractivity (Wildman–Crippen MR) is 123 cm³/mol. The number of para-hydroxylation sites is 4. The molecule has 2 N–H and O–H groups in total. The number of hydrogen-bond donors (Lipinski definition) is 2. The molecule has 2 aliphatic heterocycles. The molecular weight excluding hydrogens is 501 g/mol. The number of nitrogens with one attached hydrogen (secondary N) is 1. The molecule has 8 nitrogen and oxygen atoms in total. The minimum atomic E-state index is -4.89. The number of anilines is 2. The zero-order chi connectivity index (χ0) is 25.5. The number of nitrogens with zero attached hydrogens (tertiary/aromatic N) is 1. The number of aliphatic hydroxyl groups is 1. The minimum Gasteiger partial charge on any atom is -0.453 e. The predicted octanol–water partition coefficient (Wildman–Crippen LogP) is 3.94. The fourth-order valence-corrected chi connectivity index (χ4v) is 5.53. The molecule has 2 unspecified atom stereocenters. The van der Waals surface area contributed by atoms with Gasteiger partial charge >= 0.3 is 6.36 Å². The number of alkyl halides is 3. The van der Waals surface area contributed by atoms with E-state index < -0.39 is 40.3 Å². The summed E-state index contributed by atoms with van der Waals surface area (Å²) >= 11 is 0. The number of sulfonamides is 1. The highest BCUT2D eigenvalue weighted by molar-refractivity contribution is 7.89. The molecule has 2 heterocycles. The first-order valence-electron chi connectivity index (χ1n) is 10.9. The van der Waals surface area contributed by atoms with E-state index in [9.17, 15) is 26.7 Å². The molecule has 0 aliphatic carbocycles. The molecule has 1 saturated heterocycles. The maximum atomic E-state index is 12.9. The Morgan fingerprint density at radius 1 is 0.917 bits per heavy atom. The zero-order valence-electron chi connectivity index (χ0n) is 18.6. The van der Waals surface area contributed by atoms with Gasteiger partial charge in [-0.15, -0.1) is 13.2 Å². The molecule has 12 heteroatoms. The number of ether oxygens (including phenoxy) is 3. The molecule has 3 atom stereocenters. The average molecular weight is 523 g/mol. The lowest BCUT2D eigenvalue weighted by molar-refractivity contribution is -0.274. The molecule has 5 rings (SSSR count). The smallest absolute Gasteiger partial charge is 0.453 e. The summed E-state index contributed by atoms with van der Waals surface area (Å²) in [7, 11) is -4.20. The maximum absolute atomic E-state index is 12.9. The van der Waals surface area contributed by atoms with Gasteiger partial charge < -0.3 is 24.2 Å². The van der Waals surface area contributed by atoms with Gasteiger partial charge in [0.15, 0.2) is 11.5 Å². The summed E-state index contributed by atoms with van der Waals surface area (Å²) in [6.45, 7) is 0.0192.